The number of thiazole rings is 1. The molecule has 2 aromatic heterocycles. The van der Waals surface area contributed by atoms with Crippen molar-refractivity contribution in [2.45, 2.75) is 6.54 Å². The first kappa shape index (κ1) is 12.7. The summed E-state index contributed by atoms with van der Waals surface area (Å²) in [7, 11) is 0. The fourth-order valence-electron chi connectivity index (χ4n) is 1.71. The Balaban J connectivity index is 1.77. The third-order valence-electron chi connectivity index (χ3n) is 2.60. The monoisotopic (exact) mass is 315 g/mol. The van der Waals surface area contributed by atoms with Crippen LogP contribution in [0.1, 0.15) is 5.69 Å². The number of aromatic nitrogens is 2. The Labute approximate surface area is 122 Å². The second kappa shape index (κ2) is 5.00. The number of nitrogens with one attached hydrogen (secondary N) is 1. The summed E-state index contributed by atoms with van der Waals surface area (Å²) in [6.45, 7) is 0.521. The summed E-state index contributed by atoms with van der Waals surface area (Å²) in [4.78, 5) is 5.37. The summed E-state index contributed by atoms with van der Waals surface area (Å²) in [5, 5.41) is 5.09. The molecule has 0 aliphatic rings. The van der Waals surface area contributed by atoms with E-state index in [9.17, 15) is 4.39 Å². The predicted molar refractivity (Wildman–Crippen MR) is 76.8 cm³/mol. The summed E-state index contributed by atoms with van der Waals surface area (Å²) in [6.07, 6.45) is 3.88. The molecule has 0 aliphatic carbocycles. The average Bonchev–Trinajstić information content (AvgIpc) is 2.93. The van der Waals surface area contributed by atoms with Gasteiger partial charge in [-0.25, -0.2) is 9.37 Å². The van der Waals surface area contributed by atoms with E-state index in [-0.39, 0.29) is 10.0 Å². The van der Waals surface area contributed by atoms with Gasteiger partial charge in [-0.05, 0) is 12.1 Å². The number of rotatable bonds is 3. The van der Waals surface area contributed by atoms with E-state index in [1.807, 2.05) is 22.2 Å². The number of hydrogen-bond acceptors (Lipinski definition) is 3. The number of imidazole rings is 1. The number of halogens is 3. The maximum absolute atomic E-state index is 13.3. The highest BCUT2D eigenvalue weighted by Crippen LogP contribution is 2.27. The zero-order chi connectivity index (χ0) is 13.4. The maximum atomic E-state index is 13.3. The Hall–Kier alpha value is -1.30. The largest absolute Gasteiger partial charge is 0.379 e. The summed E-state index contributed by atoms with van der Waals surface area (Å²) >= 11 is 13.0. The maximum Gasteiger partial charge on any atom is 0.193 e. The summed E-state index contributed by atoms with van der Waals surface area (Å²) in [6, 6.07) is 3.00. The van der Waals surface area contributed by atoms with Gasteiger partial charge in [0, 0.05) is 23.5 Å². The van der Waals surface area contributed by atoms with Crippen LogP contribution < -0.4 is 5.32 Å². The normalized spacial score (nSPS) is 11.1. The van der Waals surface area contributed by atoms with Crippen molar-refractivity contribution in [3.63, 3.8) is 0 Å². The van der Waals surface area contributed by atoms with E-state index in [2.05, 4.69) is 10.3 Å². The van der Waals surface area contributed by atoms with Crippen LogP contribution in [0.5, 0.6) is 0 Å². The van der Waals surface area contributed by atoms with Crippen molar-refractivity contribution in [2.75, 3.05) is 5.32 Å². The molecule has 3 rings (SSSR count). The van der Waals surface area contributed by atoms with E-state index in [0.717, 1.165) is 10.7 Å². The fraction of sp³-hybridized carbons (Fsp3) is 0.0833. The summed E-state index contributed by atoms with van der Waals surface area (Å²) < 4.78 is 15.2. The van der Waals surface area contributed by atoms with Crippen LogP contribution in [-0.4, -0.2) is 9.38 Å². The van der Waals surface area contributed by atoms with Crippen LogP contribution in [0.4, 0.5) is 10.1 Å². The molecule has 0 spiro atoms. The van der Waals surface area contributed by atoms with Crippen molar-refractivity contribution in [2.24, 2.45) is 0 Å². The molecular formula is C12H8Cl2FN3S. The highest BCUT2D eigenvalue weighted by molar-refractivity contribution is 7.15. The van der Waals surface area contributed by atoms with Crippen LogP contribution in [0.25, 0.3) is 4.96 Å². The van der Waals surface area contributed by atoms with Gasteiger partial charge in [0.25, 0.3) is 0 Å². The Morgan fingerprint density at radius 3 is 2.74 bits per heavy atom. The molecule has 0 fully saturated rings. The van der Waals surface area contributed by atoms with E-state index < -0.39 is 5.82 Å². The molecule has 0 radical (unpaired) electrons. The minimum Gasteiger partial charge on any atom is -0.379 e. The van der Waals surface area contributed by atoms with Crippen LogP contribution in [0.2, 0.25) is 10.0 Å². The molecule has 0 saturated carbocycles. The molecular weight excluding hydrogens is 308 g/mol. The van der Waals surface area contributed by atoms with Gasteiger partial charge in [-0.2, -0.15) is 0 Å². The molecule has 98 valence electrons. The Kier molecular flexibility index (Phi) is 3.35. The van der Waals surface area contributed by atoms with Gasteiger partial charge < -0.3 is 5.32 Å². The van der Waals surface area contributed by atoms with Crippen molar-refractivity contribution in [1.29, 1.82) is 0 Å². The highest BCUT2D eigenvalue weighted by Gasteiger charge is 2.08. The lowest BCUT2D eigenvalue weighted by molar-refractivity contribution is 0.629. The average molecular weight is 316 g/mol. The van der Waals surface area contributed by atoms with Crippen LogP contribution >= 0.6 is 34.5 Å². The van der Waals surface area contributed by atoms with Crippen LogP contribution in [0.3, 0.4) is 0 Å². The van der Waals surface area contributed by atoms with Gasteiger partial charge in [-0.1, -0.05) is 23.2 Å². The molecule has 19 heavy (non-hydrogen) atoms. The molecule has 3 nitrogen and oxygen atoms in total. The van der Waals surface area contributed by atoms with Gasteiger partial charge in [-0.3, -0.25) is 4.40 Å². The van der Waals surface area contributed by atoms with E-state index in [4.69, 9.17) is 23.2 Å². The lowest BCUT2D eigenvalue weighted by Gasteiger charge is -2.06. The first-order valence-corrected chi connectivity index (χ1v) is 7.06. The first-order chi connectivity index (χ1) is 9.13. The van der Waals surface area contributed by atoms with Crippen molar-refractivity contribution in [3.8, 4) is 0 Å². The Bertz CT molecular complexity index is 686. The second-order valence-electron chi connectivity index (χ2n) is 3.93. The van der Waals surface area contributed by atoms with Gasteiger partial charge in [0.15, 0.2) is 10.8 Å². The number of hydrogen-bond donors (Lipinski definition) is 1. The summed E-state index contributed by atoms with van der Waals surface area (Å²) in [5.41, 5.74) is 1.55. The van der Waals surface area contributed by atoms with E-state index >= 15 is 0 Å². The van der Waals surface area contributed by atoms with Crippen LogP contribution in [0.15, 0.2) is 29.9 Å². The molecule has 1 aromatic carbocycles. The zero-order valence-electron chi connectivity index (χ0n) is 9.53. The quantitative estimate of drug-likeness (QED) is 0.723. The van der Waals surface area contributed by atoms with E-state index in [1.165, 1.54) is 12.1 Å². The number of fused-ring (bicyclic) bond motifs is 1. The summed E-state index contributed by atoms with van der Waals surface area (Å²) in [5.74, 6) is -0.601. The molecule has 0 amide bonds. The molecule has 0 unspecified atom stereocenters. The first-order valence-electron chi connectivity index (χ1n) is 5.43. The number of anilines is 1. The van der Waals surface area contributed by atoms with Crippen LogP contribution in [0, 0.1) is 5.82 Å². The highest BCUT2D eigenvalue weighted by atomic mass is 35.5. The van der Waals surface area contributed by atoms with E-state index in [0.29, 0.717) is 12.2 Å². The fourth-order valence-corrected chi connectivity index (χ4v) is 2.92. The Morgan fingerprint density at radius 1 is 1.32 bits per heavy atom. The van der Waals surface area contributed by atoms with Gasteiger partial charge in [0.05, 0.1) is 22.3 Å². The SMILES string of the molecule is Fc1c(Cl)cc(NCc2cn3ccsc3n2)cc1Cl. The third-order valence-corrected chi connectivity index (χ3v) is 3.92. The third kappa shape index (κ3) is 2.54. The lowest BCUT2D eigenvalue weighted by Crippen LogP contribution is -2.00. The van der Waals surface area contributed by atoms with Gasteiger partial charge >= 0.3 is 0 Å². The molecule has 0 saturated heterocycles. The van der Waals surface area contributed by atoms with Crippen molar-refractivity contribution in [1.82, 2.24) is 9.38 Å². The standard InChI is InChI=1S/C12H8Cl2FN3S/c13-9-3-7(4-10(14)11(9)15)16-5-8-6-18-1-2-19-12(18)17-8/h1-4,6,16H,5H2. The molecule has 1 N–H and O–H groups in total. The minimum atomic E-state index is -0.601. The molecule has 2 heterocycles. The van der Waals surface area contributed by atoms with Crippen molar-refractivity contribution in [3.05, 3.63) is 51.5 Å². The molecule has 0 aliphatic heterocycles. The van der Waals surface area contributed by atoms with Gasteiger partial charge in [0.2, 0.25) is 0 Å². The lowest BCUT2D eigenvalue weighted by atomic mass is 10.3. The molecule has 0 atom stereocenters. The topological polar surface area (TPSA) is 29.3 Å². The second-order valence-corrected chi connectivity index (χ2v) is 5.62. The molecule has 7 heteroatoms. The van der Waals surface area contributed by atoms with Crippen molar-refractivity contribution >= 4 is 45.2 Å². The zero-order valence-corrected chi connectivity index (χ0v) is 11.9. The van der Waals surface area contributed by atoms with Gasteiger partial charge in [0.1, 0.15) is 0 Å². The molecule has 3 aromatic rings. The van der Waals surface area contributed by atoms with Crippen molar-refractivity contribution < 1.29 is 4.39 Å². The predicted octanol–water partition coefficient (Wildman–Crippen LogP) is 4.45. The van der Waals surface area contributed by atoms with Gasteiger partial charge in [-0.15, -0.1) is 11.3 Å². The smallest absolute Gasteiger partial charge is 0.193 e. The van der Waals surface area contributed by atoms with Crippen LogP contribution in [-0.2, 0) is 6.54 Å². The number of benzene rings is 1. The Morgan fingerprint density at radius 2 is 2.05 bits per heavy atom. The number of nitrogens with zero attached hydrogens (tertiary/aromatic N) is 2. The van der Waals surface area contributed by atoms with E-state index in [1.54, 1.807) is 11.3 Å². The molecule has 0 bridgehead atoms. The minimum absolute atomic E-state index is 0.000763.